The predicted molar refractivity (Wildman–Crippen MR) is 61.4 cm³/mol. The van der Waals surface area contributed by atoms with Crippen molar-refractivity contribution in [3.05, 3.63) is 30.4 Å². The van der Waals surface area contributed by atoms with Crippen molar-refractivity contribution in [2.24, 2.45) is 13.0 Å². The molecule has 1 aliphatic rings. The van der Waals surface area contributed by atoms with Gasteiger partial charge in [0.05, 0.1) is 12.0 Å². The quantitative estimate of drug-likeness (QED) is 0.760. The lowest BCUT2D eigenvalue weighted by atomic mass is 9.94. The third-order valence-electron chi connectivity index (χ3n) is 3.03. The van der Waals surface area contributed by atoms with Crippen LogP contribution in [0.2, 0.25) is 0 Å². The Hall–Kier alpha value is -1.09. The predicted octanol–water partition coefficient (Wildman–Crippen LogP) is 1.87. The lowest BCUT2D eigenvalue weighted by molar-refractivity contribution is 0.437. The Kier molecular flexibility index (Phi) is 3.56. The zero-order chi connectivity index (χ0) is 10.5. The van der Waals surface area contributed by atoms with E-state index in [1.807, 2.05) is 19.6 Å². The van der Waals surface area contributed by atoms with E-state index in [1.165, 1.54) is 25.0 Å². The largest absolute Gasteiger partial charge is 0.337 e. The molecule has 0 aliphatic heterocycles. The van der Waals surface area contributed by atoms with Gasteiger partial charge in [0.1, 0.15) is 0 Å². The Morgan fingerprint density at radius 2 is 2.47 bits per heavy atom. The van der Waals surface area contributed by atoms with E-state index in [0.29, 0.717) is 0 Å². The lowest BCUT2D eigenvalue weighted by Gasteiger charge is -2.18. The summed E-state index contributed by atoms with van der Waals surface area (Å²) < 4.78 is 2.06. The first-order chi connectivity index (χ1) is 7.36. The van der Waals surface area contributed by atoms with E-state index in [4.69, 9.17) is 0 Å². The molecule has 0 spiro atoms. The molecule has 82 valence electrons. The molecule has 3 heteroatoms. The van der Waals surface area contributed by atoms with Crippen molar-refractivity contribution in [1.82, 2.24) is 14.9 Å². The molecule has 1 aromatic rings. The summed E-state index contributed by atoms with van der Waals surface area (Å²) in [4.78, 5) is 4.10. The van der Waals surface area contributed by atoms with Crippen molar-refractivity contribution in [3.8, 4) is 0 Å². The fraction of sp³-hybridized carbons (Fsp3) is 0.583. The van der Waals surface area contributed by atoms with Crippen molar-refractivity contribution in [2.75, 3.05) is 6.54 Å². The van der Waals surface area contributed by atoms with Crippen LogP contribution in [0, 0.1) is 5.92 Å². The van der Waals surface area contributed by atoms with Crippen molar-refractivity contribution in [2.45, 2.75) is 25.8 Å². The monoisotopic (exact) mass is 205 g/mol. The van der Waals surface area contributed by atoms with Gasteiger partial charge in [0.15, 0.2) is 0 Å². The number of imidazole rings is 1. The van der Waals surface area contributed by atoms with Crippen LogP contribution in [-0.4, -0.2) is 16.1 Å². The number of nitrogens with zero attached hydrogens (tertiary/aromatic N) is 2. The summed E-state index contributed by atoms with van der Waals surface area (Å²) in [5, 5.41) is 3.50. The molecule has 15 heavy (non-hydrogen) atoms. The number of aromatic nitrogens is 2. The van der Waals surface area contributed by atoms with E-state index in [0.717, 1.165) is 19.0 Å². The second-order valence-electron chi connectivity index (χ2n) is 4.28. The normalized spacial score (nSPS) is 20.7. The van der Waals surface area contributed by atoms with E-state index in [1.54, 1.807) is 0 Å². The molecule has 0 amide bonds. The molecule has 0 bridgehead atoms. The summed E-state index contributed by atoms with van der Waals surface area (Å²) in [6.45, 7) is 2.05. The van der Waals surface area contributed by atoms with Crippen LogP contribution in [0.15, 0.2) is 24.7 Å². The van der Waals surface area contributed by atoms with Crippen LogP contribution >= 0.6 is 0 Å². The first-order valence-electron chi connectivity index (χ1n) is 5.67. The topological polar surface area (TPSA) is 29.9 Å². The Morgan fingerprint density at radius 3 is 3.13 bits per heavy atom. The van der Waals surface area contributed by atoms with Crippen LogP contribution in [0.3, 0.4) is 0 Å². The van der Waals surface area contributed by atoms with Gasteiger partial charge in [0.2, 0.25) is 0 Å². The van der Waals surface area contributed by atoms with E-state index >= 15 is 0 Å². The van der Waals surface area contributed by atoms with Crippen LogP contribution in [0.25, 0.3) is 0 Å². The van der Waals surface area contributed by atoms with Gasteiger partial charge in [-0.25, -0.2) is 4.98 Å². The smallest absolute Gasteiger partial charge is 0.0945 e. The number of aryl methyl sites for hydroxylation is 1. The van der Waals surface area contributed by atoms with E-state index < -0.39 is 0 Å². The van der Waals surface area contributed by atoms with Gasteiger partial charge in [0, 0.05) is 19.8 Å². The second kappa shape index (κ2) is 5.12. The van der Waals surface area contributed by atoms with Crippen LogP contribution in [0.5, 0.6) is 0 Å². The fourth-order valence-electron chi connectivity index (χ4n) is 2.00. The van der Waals surface area contributed by atoms with Crippen molar-refractivity contribution < 1.29 is 0 Å². The van der Waals surface area contributed by atoms with Gasteiger partial charge < -0.3 is 9.88 Å². The van der Waals surface area contributed by atoms with E-state index in [9.17, 15) is 0 Å². The van der Waals surface area contributed by atoms with Crippen LogP contribution < -0.4 is 5.32 Å². The third-order valence-corrected chi connectivity index (χ3v) is 3.03. The molecule has 0 radical (unpaired) electrons. The highest BCUT2D eigenvalue weighted by Crippen LogP contribution is 2.16. The third kappa shape index (κ3) is 2.93. The molecule has 1 unspecified atom stereocenters. The lowest BCUT2D eigenvalue weighted by Crippen LogP contribution is -2.23. The molecule has 3 nitrogen and oxygen atoms in total. The van der Waals surface area contributed by atoms with Gasteiger partial charge in [-0.15, -0.1) is 0 Å². The molecule has 0 saturated carbocycles. The molecule has 1 aliphatic carbocycles. The molecule has 0 saturated heterocycles. The maximum atomic E-state index is 4.10. The van der Waals surface area contributed by atoms with Crippen molar-refractivity contribution >= 4 is 0 Å². The van der Waals surface area contributed by atoms with Gasteiger partial charge in [-0.05, 0) is 31.7 Å². The number of nitrogens with one attached hydrogen (secondary N) is 1. The highest BCUT2D eigenvalue weighted by Gasteiger charge is 2.09. The molecule has 2 rings (SSSR count). The minimum Gasteiger partial charge on any atom is -0.337 e. The van der Waals surface area contributed by atoms with Crippen LogP contribution in [0.1, 0.15) is 25.0 Å². The number of allylic oxidation sites excluding steroid dienone is 2. The average molecular weight is 205 g/mol. The SMILES string of the molecule is Cn1cncc1CNCC1CC=CCC1. The summed E-state index contributed by atoms with van der Waals surface area (Å²) in [6, 6.07) is 0. The number of hydrogen-bond donors (Lipinski definition) is 1. The van der Waals surface area contributed by atoms with Crippen LogP contribution in [-0.2, 0) is 13.6 Å². The molecule has 1 N–H and O–H groups in total. The molecule has 1 atom stereocenters. The molecule has 1 aromatic heterocycles. The minimum absolute atomic E-state index is 0.822. The summed E-state index contributed by atoms with van der Waals surface area (Å²) in [5.41, 5.74) is 1.25. The van der Waals surface area contributed by atoms with Gasteiger partial charge in [-0.3, -0.25) is 0 Å². The Morgan fingerprint density at radius 1 is 1.53 bits per heavy atom. The minimum atomic E-state index is 0.822. The van der Waals surface area contributed by atoms with Gasteiger partial charge >= 0.3 is 0 Å². The second-order valence-corrected chi connectivity index (χ2v) is 4.28. The Bertz CT molecular complexity index is 327. The highest BCUT2D eigenvalue weighted by atomic mass is 15.0. The van der Waals surface area contributed by atoms with Gasteiger partial charge in [-0.1, -0.05) is 12.2 Å². The first kappa shape index (κ1) is 10.4. The van der Waals surface area contributed by atoms with Crippen LogP contribution in [0.4, 0.5) is 0 Å². The zero-order valence-electron chi connectivity index (χ0n) is 9.32. The molecular formula is C12H19N3. The van der Waals surface area contributed by atoms with Gasteiger partial charge in [0.25, 0.3) is 0 Å². The van der Waals surface area contributed by atoms with Crippen molar-refractivity contribution in [1.29, 1.82) is 0 Å². The van der Waals surface area contributed by atoms with Crippen molar-refractivity contribution in [3.63, 3.8) is 0 Å². The van der Waals surface area contributed by atoms with Gasteiger partial charge in [-0.2, -0.15) is 0 Å². The Labute approximate surface area is 91.2 Å². The first-order valence-corrected chi connectivity index (χ1v) is 5.67. The van der Waals surface area contributed by atoms with E-state index in [2.05, 4.69) is 27.0 Å². The molecular weight excluding hydrogens is 186 g/mol. The molecule has 1 heterocycles. The molecule has 0 fully saturated rings. The number of rotatable bonds is 4. The highest BCUT2D eigenvalue weighted by molar-refractivity contribution is 4.97. The maximum absolute atomic E-state index is 4.10. The zero-order valence-corrected chi connectivity index (χ0v) is 9.32. The van der Waals surface area contributed by atoms with E-state index in [-0.39, 0.29) is 0 Å². The molecule has 0 aromatic carbocycles. The summed E-state index contributed by atoms with van der Waals surface area (Å²) in [6.07, 6.45) is 12.2. The summed E-state index contributed by atoms with van der Waals surface area (Å²) in [5.74, 6) is 0.822. The Balaban J connectivity index is 1.71. The standard InChI is InChI=1S/C12H19N3/c1-15-10-14-9-12(15)8-13-7-11-5-3-2-4-6-11/h2-3,9-11,13H,4-8H2,1H3. The maximum Gasteiger partial charge on any atom is 0.0945 e. The average Bonchev–Trinajstić information content (AvgIpc) is 2.66. The number of hydrogen-bond acceptors (Lipinski definition) is 2. The summed E-state index contributed by atoms with van der Waals surface area (Å²) >= 11 is 0. The summed E-state index contributed by atoms with van der Waals surface area (Å²) in [7, 11) is 2.04. The fourth-order valence-corrected chi connectivity index (χ4v) is 2.00.